The summed E-state index contributed by atoms with van der Waals surface area (Å²) in [4.78, 5) is 0. The van der Waals surface area contributed by atoms with Crippen molar-refractivity contribution in [3.8, 4) is 0 Å². The maximum Gasteiger partial charge on any atom is 0.0418 e. The van der Waals surface area contributed by atoms with Crippen LogP contribution in [0.3, 0.4) is 0 Å². The van der Waals surface area contributed by atoms with Gasteiger partial charge in [-0.3, -0.25) is 0 Å². The van der Waals surface area contributed by atoms with Crippen molar-refractivity contribution in [3.63, 3.8) is 0 Å². The molecule has 1 N–H and O–H groups in total. The SMILES string of the molecule is CCCNC(c1ccc(Cl)cc1)C1(c2ccccc2)CC1. The van der Waals surface area contributed by atoms with Crippen molar-refractivity contribution in [1.82, 2.24) is 5.32 Å². The summed E-state index contributed by atoms with van der Waals surface area (Å²) in [6.07, 6.45) is 3.65. The number of hydrogen-bond donors (Lipinski definition) is 1. The lowest BCUT2D eigenvalue weighted by atomic mass is 9.84. The van der Waals surface area contributed by atoms with Gasteiger partial charge < -0.3 is 5.32 Å². The molecule has 0 spiro atoms. The van der Waals surface area contributed by atoms with Crippen LogP contribution in [0.25, 0.3) is 0 Å². The van der Waals surface area contributed by atoms with Crippen LogP contribution in [0.5, 0.6) is 0 Å². The Balaban J connectivity index is 1.94. The molecule has 0 aromatic heterocycles. The van der Waals surface area contributed by atoms with Gasteiger partial charge in [0.15, 0.2) is 0 Å². The summed E-state index contributed by atoms with van der Waals surface area (Å²) in [6.45, 7) is 3.26. The molecule has 1 unspecified atom stereocenters. The van der Waals surface area contributed by atoms with E-state index in [0.29, 0.717) is 6.04 Å². The molecule has 1 aliphatic carbocycles. The maximum atomic E-state index is 6.05. The maximum absolute atomic E-state index is 6.05. The molecule has 21 heavy (non-hydrogen) atoms. The van der Waals surface area contributed by atoms with Crippen LogP contribution in [-0.2, 0) is 5.41 Å². The van der Waals surface area contributed by atoms with Crippen LogP contribution in [0.15, 0.2) is 54.6 Å². The quantitative estimate of drug-likeness (QED) is 0.781. The third-order valence-electron chi connectivity index (χ3n) is 4.49. The molecule has 0 bridgehead atoms. The fraction of sp³-hybridized carbons (Fsp3) is 0.368. The second kappa shape index (κ2) is 6.21. The fourth-order valence-electron chi connectivity index (χ4n) is 3.22. The van der Waals surface area contributed by atoms with Crippen molar-refractivity contribution in [2.24, 2.45) is 0 Å². The summed E-state index contributed by atoms with van der Waals surface area (Å²) in [5.74, 6) is 0. The molecule has 1 fully saturated rings. The van der Waals surface area contributed by atoms with Gasteiger partial charge in [0.25, 0.3) is 0 Å². The van der Waals surface area contributed by atoms with E-state index in [1.807, 2.05) is 12.1 Å². The van der Waals surface area contributed by atoms with E-state index in [0.717, 1.165) is 18.0 Å². The number of halogens is 1. The second-order valence-corrected chi connectivity index (χ2v) is 6.40. The number of hydrogen-bond acceptors (Lipinski definition) is 1. The van der Waals surface area contributed by atoms with E-state index in [2.05, 4.69) is 54.7 Å². The zero-order chi connectivity index (χ0) is 14.7. The highest BCUT2D eigenvalue weighted by Gasteiger charge is 2.50. The van der Waals surface area contributed by atoms with Crippen molar-refractivity contribution in [2.75, 3.05) is 6.54 Å². The van der Waals surface area contributed by atoms with Crippen molar-refractivity contribution in [1.29, 1.82) is 0 Å². The lowest BCUT2D eigenvalue weighted by Crippen LogP contribution is -2.32. The third-order valence-corrected chi connectivity index (χ3v) is 4.74. The highest BCUT2D eigenvalue weighted by atomic mass is 35.5. The minimum atomic E-state index is 0.254. The van der Waals surface area contributed by atoms with Crippen LogP contribution in [0.1, 0.15) is 43.4 Å². The first-order valence-corrected chi connectivity index (χ1v) is 8.18. The van der Waals surface area contributed by atoms with Gasteiger partial charge in [0.1, 0.15) is 0 Å². The zero-order valence-corrected chi connectivity index (χ0v) is 13.2. The van der Waals surface area contributed by atoms with Gasteiger partial charge in [-0.15, -0.1) is 0 Å². The van der Waals surface area contributed by atoms with E-state index in [9.17, 15) is 0 Å². The lowest BCUT2D eigenvalue weighted by molar-refractivity contribution is 0.429. The van der Waals surface area contributed by atoms with Gasteiger partial charge in [-0.25, -0.2) is 0 Å². The molecule has 0 radical (unpaired) electrons. The number of rotatable bonds is 6. The van der Waals surface area contributed by atoms with E-state index in [1.165, 1.54) is 24.0 Å². The van der Waals surface area contributed by atoms with Gasteiger partial charge in [0.05, 0.1) is 0 Å². The molecule has 2 aromatic rings. The van der Waals surface area contributed by atoms with Gasteiger partial charge in [0.2, 0.25) is 0 Å². The first kappa shape index (κ1) is 14.6. The molecular formula is C19H22ClN. The van der Waals surface area contributed by atoms with Crippen LogP contribution in [0, 0.1) is 0 Å². The van der Waals surface area contributed by atoms with E-state index < -0.39 is 0 Å². The van der Waals surface area contributed by atoms with Gasteiger partial charge in [-0.05, 0) is 49.1 Å². The predicted molar refractivity (Wildman–Crippen MR) is 89.8 cm³/mol. The largest absolute Gasteiger partial charge is 0.309 e. The van der Waals surface area contributed by atoms with Crippen molar-refractivity contribution < 1.29 is 0 Å². The molecule has 0 heterocycles. The topological polar surface area (TPSA) is 12.0 Å². The Morgan fingerprint density at radius 3 is 2.29 bits per heavy atom. The monoisotopic (exact) mass is 299 g/mol. The van der Waals surface area contributed by atoms with Crippen LogP contribution in [0.4, 0.5) is 0 Å². The molecule has 3 rings (SSSR count). The minimum absolute atomic E-state index is 0.254. The van der Waals surface area contributed by atoms with E-state index in [1.54, 1.807) is 0 Å². The smallest absolute Gasteiger partial charge is 0.0418 e. The Morgan fingerprint density at radius 2 is 1.71 bits per heavy atom. The number of benzene rings is 2. The Hall–Kier alpha value is -1.31. The summed E-state index contributed by atoms with van der Waals surface area (Å²) in [5, 5.41) is 4.57. The Bertz CT molecular complexity index is 572. The average molecular weight is 300 g/mol. The molecule has 2 heteroatoms. The standard InChI is InChI=1S/C19H22ClN/c1-2-14-21-18(15-8-10-17(20)11-9-15)19(12-13-19)16-6-4-3-5-7-16/h3-11,18,21H,2,12-14H2,1H3. The molecule has 0 amide bonds. The summed E-state index contributed by atoms with van der Waals surface area (Å²) in [7, 11) is 0. The van der Waals surface area contributed by atoms with Crippen LogP contribution in [-0.4, -0.2) is 6.54 Å². The van der Waals surface area contributed by atoms with Crippen molar-refractivity contribution in [3.05, 3.63) is 70.7 Å². The number of nitrogens with one attached hydrogen (secondary N) is 1. The summed E-state index contributed by atoms with van der Waals surface area (Å²) >= 11 is 6.05. The molecule has 0 aliphatic heterocycles. The average Bonchev–Trinajstić information content (AvgIpc) is 3.32. The fourth-order valence-corrected chi connectivity index (χ4v) is 3.35. The van der Waals surface area contributed by atoms with E-state index >= 15 is 0 Å². The highest BCUT2D eigenvalue weighted by molar-refractivity contribution is 6.30. The predicted octanol–water partition coefficient (Wildman–Crippen LogP) is 5.11. The van der Waals surface area contributed by atoms with E-state index in [-0.39, 0.29) is 5.41 Å². The minimum Gasteiger partial charge on any atom is -0.309 e. The molecule has 1 saturated carbocycles. The summed E-state index contributed by atoms with van der Waals surface area (Å²) < 4.78 is 0. The molecule has 0 saturated heterocycles. The summed E-state index contributed by atoms with van der Waals surface area (Å²) in [5.41, 5.74) is 3.05. The molecule has 1 aliphatic rings. The third kappa shape index (κ3) is 3.00. The molecule has 110 valence electrons. The second-order valence-electron chi connectivity index (χ2n) is 5.96. The van der Waals surface area contributed by atoms with Gasteiger partial charge >= 0.3 is 0 Å². The van der Waals surface area contributed by atoms with Gasteiger partial charge in [-0.1, -0.05) is 61.0 Å². The van der Waals surface area contributed by atoms with E-state index in [4.69, 9.17) is 11.6 Å². The Labute approximate surface area is 132 Å². The molecular weight excluding hydrogens is 278 g/mol. The lowest BCUT2D eigenvalue weighted by Gasteiger charge is -2.29. The van der Waals surface area contributed by atoms with Crippen molar-refractivity contribution >= 4 is 11.6 Å². The van der Waals surface area contributed by atoms with Gasteiger partial charge in [-0.2, -0.15) is 0 Å². The molecule has 1 atom stereocenters. The van der Waals surface area contributed by atoms with Crippen molar-refractivity contribution in [2.45, 2.75) is 37.6 Å². The first-order valence-electron chi connectivity index (χ1n) is 7.80. The molecule has 2 aromatic carbocycles. The van der Waals surface area contributed by atoms with Crippen LogP contribution < -0.4 is 5.32 Å². The summed E-state index contributed by atoms with van der Waals surface area (Å²) in [6, 6.07) is 19.6. The molecule has 1 nitrogen and oxygen atoms in total. The Kier molecular flexibility index (Phi) is 4.32. The normalized spacial score (nSPS) is 17.4. The zero-order valence-electron chi connectivity index (χ0n) is 12.5. The van der Waals surface area contributed by atoms with Crippen LogP contribution >= 0.6 is 11.6 Å². The Morgan fingerprint density at radius 1 is 1.05 bits per heavy atom. The van der Waals surface area contributed by atoms with Crippen LogP contribution in [0.2, 0.25) is 5.02 Å². The highest BCUT2D eigenvalue weighted by Crippen LogP contribution is 2.56. The first-order chi connectivity index (χ1) is 10.3. The van der Waals surface area contributed by atoms with Gasteiger partial charge in [0, 0.05) is 16.5 Å².